The highest BCUT2D eigenvalue weighted by Crippen LogP contribution is 2.19. The van der Waals surface area contributed by atoms with Gasteiger partial charge >= 0.3 is 0 Å². The smallest absolute Gasteiger partial charge is 0.163 e. The van der Waals surface area contributed by atoms with Gasteiger partial charge in [0.15, 0.2) is 11.6 Å². The zero-order valence-electron chi connectivity index (χ0n) is 7.13. The van der Waals surface area contributed by atoms with Crippen LogP contribution in [0.3, 0.4) is 0 Å². The van der Waals surface area contributed by atoms with Crippen LogP contribution in [0.25, 0.3) is 0 Å². The maximum absolute atomic E-state index is 13.1. The summed E-state index contributed by atoms with van der Waals surface area (Å²) in [4.78, 5) is 0. The average molecular weight is 183 g/mol. The van der Waals surface area contributed by atoms with E-state index in [1.165, 1.54) is 12.1 Å². The van der Waals surface area contributed by atoms with Gasteiger partial charge in [-0.1, -0.05) is 18.2 Å². The third kappa shape index (κ3) is 2.12. The van der Waals surface area contributed by atoms with Crippen molar-refractivity contribution in [2.24, 2.45) is 5.73 Å². The second kappa shape index (κ2) is 4.14. The van der Waals surface area contributed by atoms with Crippen molar-refractivity contribution in [1.82, 2.24) is 0 Å². The SMILES string of the molecule is C=CCC(N)c1cccc(F)c1F. The van der Waals surface area contributed by atoms with Crippen LogP contribution in [0.5, 0.6) is 0 Å². The minimum atomic E-state index is -0.864. The summed E-state index contributed by atoms with van der Waals surface area (Å²) < 4.78 is 25.8. The molecule has 1 aromatic carbocycles. The fraction of sp³-hybridized carbons (Fsp3) is 0.200. The minimum absolute atomic E-state index is 0.194. The molecule has 0 saturated heterocycles. The van der Waals surface area contributed by atoms with E-state index >= 15 is 0 Å². The molecule has 0 bridgehead atoms. The van der Waals surface area contributed by atoms with Crippen molar-refractivity contribution in [1.29, 1.82) is 0 Å². The Morgan fingerprint density at radius 3 is 2.77 bits per heavy atom. The van der Waals surface area contributed by atoms with Gasteiger partial charge in [-0.25, -0.2) is 8.78 Å². The Morgan fingerprint density at radius 2 is 2.15 bits per heavy atom. The first-order valence-electron chi connectivity index (χ1n) is 3.97. The molecule has 1 nitrogen and oxygen atoms in total. The standard InChI is InChI=1S/C10H11F2N/c1-2-4-9(13)7-5-3-6-8(11)10(7)12/h2-3,5-6,9H,1,4,13H2. The second-order valence-corrected chi connectivity index (χ2v) is 2.77. The molecule has 0 aliphatic heterocycles. The van der Waals surface area contributed by atoms with Gasteiger partial charge in [0.1, 0.15) is 0 Å². The highest BCUT2D eigenvalue weighted by atomic mass is 19.2. The van der Waals surface area contributed by atoms with Crippen LogP contribution in [0.2, 0.25) is 0 Å². The predicted molar refractivity (Wildman–Crippen MR) is 48.1 cm³/mol. The van der Waals surface area contributed by atoms with Gasteiger partial charge in [0.05, 0.1) is 0 Å². The lowest BCUT2D eigenvalue weighted by atomic mass is 10.0. The van der Waals surface area contributed by atoms with E-state index in [1.807, 2.05) is 0 Å². The van der Waals surface area contributed by atoms with Crippen molar-refractivity contribution in [2.45, 2.75) is 12.5 Å². The molecule has 2 N–H and O–H groups in total. The van der Waals surface area contributed by atoms with E-state index in [1.54, 1.807) is 6.08 Å². The molecule has 0 aliphatic carbocycles. The van der Waals surface area contributed by atoms with Gasteiger partial charge in [-0.05, 0) is 12.5 Å². The van der Waals surface area contributed by atoms with Gasteiger partial charge in [-0.3, -0.25) is 0 Å². The van der Waals surface area contributed by atoms with Crippen LogP contribution in [-0.2, 0) is 0 Å². The summed E-state index contributed by atoms with van der Waals surface area (Å²) in [6.07, 6.45) is 2.01. The van der Waals surface area contributed by atoms with Crippen LogP contribution in [0, 0.1) is 11.6 Å². The Bertz CT molecular complexity index is 310. The quantitative estimate of drug-likeness (QED) is 0.716. The average Bonchev–Trinajstić information content (AvgIpc) is 2.10. The Hall–Kier alpha value is -1.22. The van der Waals surface area contributed by atoms with Gasteiger partial charge in [-0.15, -0.1) is 6.58 Å². The molecule has 0 radical (unpaired) electrons. The molecule has 0 aromatic heterocycles. The molecule has 70 valence electrons. The van der Waals surface area contributed by atoms with Gasteiger partial charge in [-0.2, -0.15) is 0 Å². The zero-order chi connectivity index (χ0) is 9.84. The number of halogens is 2. The second-order valence-electron chi connectivity index (χ2n) is 2.77. The molecule has 0 aliphatic rings. The predicted octanol–water partition coefficient (Wildman–Crippen LogP) is 2.54. The maximum atomic E-state index is 13.1. The van der Waals surface area contributed by atoms with Crippen molar-refractivity contribution in [3.8, 4) is 0 Å². The Labute approximate surface area is 75.9 Å². The summed E-state index contributed by atoms with van der Waals surface area (Å²) in [5.41, 5.74) is 5.79. The summed E-state index contributed by atoms with van der Waals surface area (Å²) in [5, 5.41) is 0. The highest BCUT2D eigenvalue weighted by Gasteiger charge is 2.12. The minimum Gasteiger partial charge on any atom is -0.324 e. The molecule has 1 atom stereocenters. The van der Waals surface area contributed by atoms with E-state index in [2.05, 4.69) is 6.58 Å². The van der Waals surface area contributed by atoms with Crippen molar-refractivity contribution in [2.75, 3.05) is 0 Å². The van der Waals surface area contributed by atoms with Gasteiger partial charge < -0.3 is 5.73 Å². The Balaban J connectivity index is 3.00. The Kier molecular flexibility index (Phi) is 3.14. The van der Waals surface area contributed by atoms with Crippen LogP contribution >= 0.6 is 0 Å². The highest BCUT2D eigenvalue weighted by molar-refractivity contribution is 5.22. The summed E-state index contributed by atoms with van der Waals surface area (Å²) in [7, 11) is 0. The molecule has 13 heavy (non-hydrogen) atoms. The van der Waals surface area contributed by atoms with E-state index in [4.69, 9.17) is 5.73 Å². The molecular weight excluding hydrogens is 172 g/mol. The number of hydrogen-bond acceptors (Lipinski definition) is 1. The molecule has 0 fully saturated rings. The van der Waals surface area contributed by atoms with E-state index in [0.717, 1.165) is 6.07 Å². The molecular formula is C10H11F2N. The summed E-state index contributed by atoms with van der Waals surface area (Å²) >= 11 is 0. The Morgan fingerprint density at radius 1 is 1.46 bits per heavy atom. The third-order valence-electron chi connectivity index (χ3n) is 1.80. The van der Waals surface area contributed by atoms with E-state index in [9.17, 15) is 8.78 Å². The van der Waals surface area contributed by atoms with Crippen LogP contribution in [-0.4, -0.2) is 0 Å². The van der Waals surface area contributed by atoms with E-state index in [0.29, 0.717) is 6.42 Å². The number of nitrogens with two attached hydrogens (primary N) is 1. The summed E-state index contributed by atoms with van der Waals surface area (Å²) in [5.74, 6) is -1.73. The van der Waals surface area contributed by atoms with Gasteiger partial charge in [0, 0.05) is 11.6 Å². The van der Waals surface area contributed by atoms with Crippen molar-refractivity contribution >= 4 is 0 Å². The molecule has 0 saturated carbocycles. The van der Waals surface area contributed by atoms with Crippen LogP contribution < -0.4 is 5.73 Å². The van der Waals surface area contributed by atoms with Crippen LogP contribution in [0.4, 0.5) is 8.78 Å². The molecule has 1 rings (SSSR count). The molecule has 1 unspecified atom stereocenters. The number of benzene rings is 1. The van der Waals surface area contributed by atoms with Gasteiger partial charge in [0.2, 0.25) is 0 Å². The lowest BCUT2D eigenvalue weighted by Crippen LogP contribution is -2.11. The lowest BCUT2D eigenvalue weighted by molar-refractivity contribution is 0.489. The first-order chi connectivity index (χ1) is 6.16. The largest absolute Gasteiger partial charge is 0.324 e. The fourth-order valence-electron chi connectivity index (χ4n) is 1.11. The zero-order valence-corrected chi connectivity index (χ0v) is 7.13. The van der Waals surface area contributed by atoms with Crippen molar-refractivity contribution in [3.63, 3.8) is 0 Å². The van der Waals surface area contributed by atoms with Gasteiger partial charge in [0.25, 0.3) is 0 Å². The number of rotatable bonds is 3. The van der Waals surface area contributed by atoms with Crippen LogP contribution in [0.1, 0.15) is 18.0 Å². The summed E-state index contributed by atoms with van der Waals surface area (Å²) in [6, 6.07) is 3.47. The molecule has 0 spiro atoms. The normalized spacial score (nSPS) is 12.5. The topological polar surface area (TPSA) is 26.0 Å². The monoisotopic (exact) mass is 183 g/mol. The van der Waals surface area contributed by atoms with Crippen molar-refractivity contribution in [3.05, 3.63) is 48.1 Å². The molecule has 1 aromatic rings. The van der Waals surface area contributed by atoms with E-state index in [-0.39, 0.29) is 5.56 Å². The third-order valence-corrected chi connectivity index (χ3v) is 1.80. The fourth-order valence-corrected chi connectivity index (χ4v) is 1.11. The molecule has 0 amide bonds. The van der Waals surface area contributed by atoms with Crippen molar-refractivity contribution < 1.29 is 8.78 Å². The maximum Gasteiger partial charge on any atom is 0.163 e. The first-order valence-corrected chi connectivity index (χ1v) is 3.97. The van der Waals surface area contributed by atoms with Crippen LogP contribution in [0.15, 0.2) is 30.9 Å². The summed E-state index contributed by atoms with van der Waals surface area (Å²) in [6.45, 7) is 3.48. The lowest BCUT2D eigenvalue weighted by Gasteiger charge is -2.10. The molecule has 0 heterocycles. The van der Waals surface area contributed by atoms with E-state index < -0.39 is 17.7 Å². The number of hydrogen-bond donors (Lipinski definition) is 1. The molecule has 3 heteroatoms. The first kappa shape index (κ1) is 9.86.